The van der Waals surface area contributed by atoms with Crippen LogP contribution in [-0.2, 0) is 11.3 Å². The molecule has 0 unspecified atom stereocenters. The monoisotopic (exact) mass is 252 g/mol. The van der Waals surface area contributed by atoms with Gasteiger partial charge in [-0.25, -0.2) is 0 Å². The van der Waals surface area contributed by atoms with Crippen LogP contribution < -0.4 is 10.5 Å². The average Bonchev–Trinajstić information content (AvgIpc) is 2.37. The van der Waals surface area contributed by atoms with Gasteiger partial charge in [-0.15, -0.1) is 0 Å². The lowest BCUT2D eigenvalue weighted by Gasteiger charge is -2.12. The number of nitrogens with zero attached hydrogens (tertiary/aromatic N) is 1. The zero-order valence-corrected chi connectivity index (χ0v) is 11.0. The number of nitrogens with two attached hydrogens (primary N) is 1. The highest BCUT2D eigenvalue weighted by Crippen LogP contribution is 2.21. The fourth-order valence-electron chi connectivity index (χ4n) is 1.51. The zero-order valence-electron chi connectivity index (χ0n) is 11.0. The topological polar surface area (TPSA) is 77.1 Å². The fraction of sp³-hybridized carbons (Fsp3) is 0.462. The molecule has 0 amide bonds. The van der Waals surface area contributed by atoms with Crippen LogP contribution in [0.15, 0.2) is 23.4 Å². The van der Waals surface area contributed by atoms with Crippen molar-refractivity contribution in [2.75, 3.05) is 13.7 Å². The molecule has 1 rings (SSSR count). The molecule has 0 heterocycles. The molecule has 0 fully saturated rings. The van der Waals surface area contributed by atoms with Crippen LogP contribution >= 0.6 is 0 Å². The van der Waals surface area contributed by atoms with E-state index in [-0.39, 0.29) is 5.84 Å². The average molecular weight is 252 g/mol. The van der Waals surface area contributed by atoms with Crippen LogP contribution in [0.5, 0.6) is 5.75 Å². The van der Waals surface area contributed by atoms with E-state index in [1.165, 1.54) is 0 Å². The minimum Gasteiger partial charge on any atom is -0.496 e. The maximum atomic E-state index is 8.65. The van der Waals surface area contributed by atoms with Crippen LogP contribution in [0.4, 0.5) is 0 Å². The second-order valence-corrected chi connectivity index (χ2v) is 4.42. The van der Waals surface area contributed by atoms with Crippen molar-refractivity contribution in [2.45, 2.75) is 20.5 Å². The molecule has 5 heteroatoms. The molecular formula is C13H20N2O3. The smallest absolute Gasteiger partial charge is 0.170 e. The van der Waals surface area contributed by atoms with Crippen LogP contribution in [0, 0.1) is 5.92 Å². The molecule has 18 heavy (non-hydrogen) atoms. The molecule has 1 aromatic carbocycles. The van der Waals surface area contributed by atoms with Crippen molar-refractivity contribution in [3.05, 3.63) is 29.3 Å². The molecule has 0 aliphatic rings. The van der Waals surface area contributed by atoms with Crippen LogP contribution in [0.1, 0.15) is 25.0 Å². The van der Waals surface area contributed by atoms with Gasteiger partial charge in [-0.05, 0) is 24.1 Å². The highest BCUT2D eigenvalue weighted by Gasteiger charge is 2.07. The van der Waals surface area contributed by atoms with Crippen molar-refractivity contribution in [2.24, 2.45) is 16.8 Å². The second-order valence-electron chi connectivity index (χ2n) is 4.42. The van der Waals surface area contributed by atoms with Gasteiger partial charge in [0.15, 0.2) is 5.84 Å². The highest BCUT2D eigenvalue weighted by atomic mass is 16.5. The lowest BCUT2D eigenvalue weighted by Crippen LogP contribution is -2.13. The standard InChI is InChI=1S/C13H20N2O3/c1-9(2)7-18-8-11-6-10(13(14)15-16)4-5-12(11)17-3/h4-6,9,16H,7-8H2,1-3H3,(H2,14,15). The largest absolute Gasteiger partial charge is 0.496 e. The van der Waals surface area contributed by atoms with Crippen molar-refractivity contribution in [3.8, 4) is 5.75 Å². The van der Waals surface area contributed by atoms with Gasteiger partial charge < -0.3 is 20.4 Å². The number of methoxy groups -OCH3 is 1. The predicted molar refractivity (Wildman–Crippen MR) is 70.0 cm³/mol. The summed E-state index contributed by atoms with van der Waals surface area (Å²) in [6.45, 7) is 5.29. The number of hydrogen-bond acceptors (Lipinski definition) is 4. The maximum absolute atomic E-state index is 8.65. The molecular weight excluding hydrogens is 232 g/mol. The molecule has 0 saturated carbocycles. The Kier molecular flexibility index (Phi) is 5.45. The minimum atomic E-state index is 0.0720. The Morgan fingerprint density at radius 2 is 2.17 bits per heavy atom. The molecule has 0 aromatic heterocycles. The molecule has 0 atom stereocenters. The lowest BCUT2D eigenvalue weighted by molar-refractivity contribution is 0.0955. The first-order valence-electron chi connectivity index (χ1n) is 5.81. The van der Waals surface area contributed by atoms with E-state index < -0.39 is 0 Å². The molecule has 0 spiro atoms. The Labute approximate surface area is 107 Å². The van der Waals surface area contributed by atoms with Gasteiger partial charge in [0.05, 0.1) is 13.7 Å². The summed E-state index contributed by atoms with van der Waals surface area (Å²) in [4.78, 5) is 0. The van der Waals surface area contributed by atoms with Crippen LogP contribution in [-0.4, -0.2) is 24.8 Å². The first-order chi connectivity index (χ1) is 8.58. The Hall–Kier alpha value is -1.75. The second kappa shape index (κ2) is 6.86. The molecule has 0 bridgehead atoms. The summed E-state index contributed by atoms with van der Waals surface area (Å²) in [5.41, 5.74) is 7.07. The molecule has 3 N–H and O–H groups in total. The van der Waals surface area contributed by atoms with E-state index in [0.29, 0.717) is 24.7 Å². The summed E-state index contributed by atoms with van der Waals surface area (Å²) >= 11 is 0. The summed E-state index contributed by atoms with van der Waals surface area (Å²) in [7, 11) is 1.60. The first kappa shape index (κ1) is 14.3. The number of ether oxygens (including phenoxy) is 2. The summed E-state index contributed by atoms with van der Waals surface area (Å²) < 4.78 is 10.8. The van der Waals surface area contributed by atoms with Crippen LogP contribution in [0.3, 0.4) is 0 Å². The van der Waals surface area contributed by atoms with E-state index in [1.807, 2.05) is 0 Å². The number of amidine groups is 1. The van der Waals surface area contributed by atoms with Crippen molar-refractivity contribution in [1.29, 1.82) is 0 Å². The molecule has 0 radical (unpaired) electrons. The van der Waals surface area contributed by atoms with E-state index >= 15 is 0 Å². The number of hydrogen-bond donors (Lipinski definition) is 2. The maximum Gasteiger partial charge on any atom is 0.170 e. The van der Waals surface area contributed by atoms with E-state index in [1.54, 1.807) is 25.3 Å². The Morgan fingerprint density at radius 3 is 2.72 bits per heavy atom. The van der Waals surface area contributed by atoms with E-state index in [9.17, 15) is 0 Å². The zero-order chi connectivity index (χ0) is 13.5. The van der Waals surface area contributed by atoms with E-state index in [2.05, 4.69) is 19.0 Å². The fourth-order valence-corrected chi connectivity index (χ4v) is 1.51. The van der Waals surface area contributed by atoms with Gasteiger partial charge >= 0.3 is 0 Å². The first-order valence-corrected chi connectivity index (χ1v) is 5.81. The normalized spacial score (nSPS) is 11.9. The van der Waals surface area contributed by atoms with Gasteiger partial charge in [0, 0.05) is 17.7 Å². The third-order valence-corrected chi connectivity index (χ3v) is 2.39. The number of oxime groups is 1. The third-order valence-electron chi connectivity index (χ3n) is 2.39. The van der Waals surface area contributed by atoms with Crippen LogP contribution in [0.2, 0.25) is 0 Å². The van der Waals surface area contributed by atoms with Crippen molar-refractivity contribution >= 4 is 5.84 Å². The van der Waals surface area contributed by atoms with Crippen molar-refractivity contribution in [1.82, 2.24) is 0 Å². The quantitative estimate of drug-likeness (QED) is 0.351. The Morgan fingerprint density at radius 1 is 1.44 bits per heavy atom. The molecule has 100 valence electrons. The Balaban J connectivity index is 2.85. The van der Waals surface area contributed by atoms with E-state index in [4.69, 9.17) is 20.4 Å². The van der Waals surface area contributed by atoms with Gasteiger partial charge in [-0.2, -0.15) is 0 Å². The molecule has 0 saturated heterocycles. The Bertz CT molecular complexity index is 417. The van der Waals surface area contributed by atoms with E-state index in [0.717, 1.165) is 11.3 Å². The number of benzene rings is 1. The minimum absolute atomic E-state index is 0.0720. The van der Waals surface area contributed by atoms with Crippen molar-refractivity contribution < 1.29 is 14.7 Å². The number of rotatable bonds is 6. The molecule has 0 aliphatic heterocycles. The van der Waals surface area contributed by atoms with Gasteiger partial charge in [0.1, 0.15) is 5.75 Å². The summed E-state index contributed by atoms with van der Waals surface area (Å²) in [6, 6.07) is 5.31. The van der Waals surface area contributed by atoms with Gasteiger partial charge in [-0.1, -0.05) is 19.0 Å². The predicted octanol–water partition coefficient (Wildman–Crippen LogP) is 1.96. The van der Waals surface area contributed by atoms with Gasteiger partial charge in [0.2, 0.25) is 0 Å². The molecule has 1 aromatic rings. The summed E-state index contributed by atoms with van der Waals surface area (Å²) in [5, 5.41) is 11.6. The lowest BCUT2D eigenvalue weighted by atomic mass is 10.1. The van der Waals surface area contributed by atoms with Gasteiger partial charge in [0.25, 0.3) is 0 Å². The molecule has 5 nitrogen and oxygen atoms in total. The van der Waals surface area contributed by atoms with Crippen LogP contribution in [0.25, 0.3) is 0 Å². The van der Waals surface area contributed by atoms with Crippen molar-refractivity contribution in [3.63, 3.8) is 0 Å². The SMILES string of the molecule is COc1ccc(/C(N)=N/O)cc1COCC(C)C. The molecule has 0 aliphatic carbocycles. The van der Waals surface area contributed by atoms with Gasteiger partial charge in [-0.3, -0.25) is 0 Å². The summed E-state index contributed by atoms with van der Waals surface area (Å²) in [6.07, 6.45) is 0. The summed E-state index contributed by atoms with van der Waals surface area (Å²) in [5.74, 6) is 1.28. The third kappa shape index (κ3) is 3.92. The highest BCUT2D eigenvalue weighted by molar-refractivity contribution is 5.97.